The molecule has 4 nitrogen and oxygen atoms in total. The van der Waals surface area contributed by atoms with Crippen molar-refractivity contribution >= 4 is 0 Å². The molecule has 0 aliphatic rings. The third-order valence-corrected chi connectivity index (χ3v) is 3.33. The number of hydrogen-bond acceptors (Lipinski definition) is 1. The van der Waals surface area contributed by atoms with E-state index in [1.165, 1.54) is 0 Å². The van der Waals surface area contributed by atoms with Gasteiger partial charge in [-0.1, -0.05) is 6.92 Å². The summed E-state index contributed by atoms with van der Waals surface area (Å²) < 4.78 is 6.55. The molecule has 0 saturated heterocycles. The van der Waals surface area contributed by atoms with E-state index in [0.717, 1.165) is 12.8 Å². The first kappa shape index (κ1) is 15.2. The van der Waals surface area contributed by atoms with Crippen LogP contribution in [0.1, 0.15) is 38.8 Å². The van der Waals surface area contributed by atoms with Gasteiger partial charge in [0.15, 0.2) is 0 Å². The average molecular weight is 360 g/mol. The van der Waals surface area contributed by atoms with Crippen molar-refractivity contribution in [3.8, 4) is 0 Å². The minimum absolute atomic E-state index is 0. The van der Waals surface area contributed by atoms with Crippen LogP contribution in [0.25, 0.3) is 0 Å². The molecule has 0 aliphatic heterocycles. The second-order valence-electron chi connectivity index (χ2n) is 4.68. The first-order valence-electron chi connectivity index (χ1n) is 6.21. The fraction of sp³-hybridized carbons (Fsp3) is 0.538. The SMILES string of the molecule is CCC(CC(C)n1cc[n+](C)c1)n1ccnc1.[I-]. The van der Waals surface area contributed by atoms with Gasteiger partial charge in [0.2, 0.25) is 6.33 Å². The summed E-state index contributed by atoms with van der Waals surface area (Å²) in [6, 6.07) is 1.03. The van der Waals surface area contributed by atoms with Crippen LogP contribution in [0.2, 0.25) is 0 Å². The predicted molar refractivity (Wildman–Crippen MR) is 66.5 cm³/mol. The van der Waals surface area contributed by atoms with Gasteiger partial charge in [-0.05, 0) is 13.3 Å². The molecule has 0 radical (unpaired) electrons. The van der Waals surface area contributed by atoms with Crippen LogP contribution >= 0.6 is 0 Å². The number of rotatable bonds is 5. The van der Waals surface area contributed by atoms with Crippen molar-refractivity contribution in [3.63, 3.8) is 0 Å². The molecule has 0 saturated carbocycles. The molecule has 2 rings (SSSR count). The molecule has 100 valence electrons. The van der Waals surface area contributed by atoms with Gasteiger partial charge >= 0.3 is 0 Å². The molecular formula is C13H21IN4. The van der Waals surface area contributed by atoms with Gasteiger partial charge in [-0.15, -0.1) is 0 Å². The smallest absolute Gasteiger partial charge is 0.243 e. The topological polar surface area (TPSA) is 26.6 Å². The number of aromatic nitrogens is 4. The minimum Gasteiger partial charge on any atom is -1.00 e. The van der Waals surface area contributed by atoms with Crippen LogP contribution in [-0.2, 0) is 7.05 Å². The molecule has 2 atom stereocenters. The molecule has 2 heterocycles. The van der Waals surface area contributed by atoms with E-state index in [1.54, 1.807) is 0 Å². The summed E-state index contributed by atoms with van der Waals surface area (Å²) in [6.07, 6.45) is 14.4. The average Bonchev–Trinajstić information content (AvgIpc) is 2.96. The van der Waals surface area contributed by atoms with E-state index in [0.29, 0.717) is 12.1 Å². The van der Waals surface area contributed by atoms with E-state index in [-0.39, 0.29) is 24.0 Å². The van der Waals surface area contributed by atoms with E-state index in [2.05, 4.69) is 64.5 Å². The Labute approximate surface area is 126 Å². The van der Waals surface area contributed by atoms with Gasteiger partial charge in [-0.25, -0.2) is 14.1 Å². The third-order valence-electron chi connectivity index (χ3n) is 3.33. The van der Waals surface area contributed by atoms with Crippen LogP contribution in [0, 0.1) is 0 Å². The van der Waals surface area contributed by atoms with Crippen LogP contribution in [-0.4, -0.2) is 14.1 Å². The Kier molecular flexibility index (Phi) is 5.84. The molecule has 2 aromatic rings. The zero-order valence-electron chi connectivity index (χ0n) is 11.2. The van der Waals surface area contributed by atoms with Crippen LogP contribution in [0.5, 0.6) is 0 Å². The summed E-state index contributed by atoms with van der Waals surface area (Å²) in [7, 11) is 2.05. The van der Waals surface area contributed by atoms with Crippen LogP contribution in [0.15, 0.2) is 37.4 Å². The number of imidazole rings is 2. The molecule has 0 fully saturated rings. The fourth-order valence-electron chi connectivity index (χ4n) is 2.23. The number of aryl methyl sites for hydroxylation is 1. The quantitative estimate of drug-likeness (QED) is 0.502. The number of nitrogens with zero attached hydrogens (tertiary/aromatic N) is 4. The van der Waals surface area contributed by atoms with Crippen molar-refractivity contribution in [1.29, 1.82) is 0 Å². The summed E-state index contributed by atoms with van der Waals surface area (Å²) in [5.74, 6) is 0. The second kappa shape index (κ2) is 6.92. The van der Waals surface area contributed by atoms with Crippen molar-refractivity contribution in [2.24, 2.45) is 7.05 Å². The van der Waals surface area contributed by atoms with E-state index < -0.39 is 0 Å². The summed E-state index contributed by atoms with van der Waals surface area (Å²) in [5.41, 5.74) is 0. The zero-order valence-corrected chi connectivity index (χ0v) is 13.4. The Hall–Kier alpha value is -0.850. The van der Waals surface area contributed by atoms with Crippen molar-refractivity contribution in [2.45, 2.75) is 38.8 Å². The molecule has 2 aromatic heterocycles. The Morgan fingerprint density at radius 1 is 1.28 bits per heavy atom. The highest BCUT2D eigenvalue weighted by Crippen LogP contribution is 2.23. The standard InChI is InChI=1S/C13H21N4.HI/c1-4-13(16-6-5-14-10-16)9-12(2)17-8-7-15(3)11-17;/h5-8,10-13H,4,9H2,1-3H3;1H/q+1;/p-1. The number of halogens is 1. The number of hydrogen-bond donors (Lipinski definition) is 0. The summed E-state index contributed by atoms with van der Waals surface area (Å²) in [5, 5.41) is 0. The van der Waals surface area contributed by atoms with Crippen LogP contribution in [0.4, 0.5) is 0 Å². The fourth-order valence-corrected chi connectivity index (χ4v) is 2.23. The molecule has 0 amide bonds. The highest BCUT2D eigenvalue weighted by atomic mass is 127. The van der Waals surface area contributed by atoms with Gasteiger partial charge in [-0.2, -0.15) is 0 Å². The maximum absolute atomic E-state index is 4.13. The van der Waals surface area contributed by atoms with Crippen molar-refractivity contribution in [2.75, 3.05) is 0 Å². The van der Waals surface area contributed by atoms with Gasteiger partial charge in [0.05, 0.1) is 19.4 Å². The lowest BCUT2D eigenvalue weighted by molar-refractivity contribution is -0.671. The zero-order chi connectivity index (χ0) is 12.3. The Balaban J connectivity index is 0.00000162. The lowest BCUT2D eigenvalue weighted by Crippen LogP contribution is -3.00. The predicted octanol–water partition coefficient (Wildman–Crippen LogP) is -0.884. The summed E-state index contributed by atoms with van der Waals surface area (Å²) in [6.45, 7) is 4.49. The normalized spacial score (nSPS) is 13.9. The van der Waals surface area contributed by atoms with Crippen LogP contribution < -0.4 is 28.5 Å². The first-order chi connectivity index (χ1) is 8.20. The summed E-state index contributed by atoms with van der Waals surface area (Å²) in [4.78, 5) is 4.13. The Bertz CT molecular complexity index is 449. The van der Waals surface area contributed by atoms with E-state index >= 15 is 0 Å². The van der Waals surface area contributed by atoms with E-state index in [4.69, 9.17) is 0 Å². The highest BCUT2D eigenvalue weighted by molar-refractivity contribution is 4.83. The molecule has 0 aliphatic carbocycles. The lowest BCUT2D eigenvalue weighted by Gasteiger charge is -2.19. The molecule has 0 bridgehead atoms. The molecule has 0 N–H and O–H groups in total. The summed E-state index contributed by atoms with van der Waals surface area (Å²) >= 11 is 0. The van der Waals surface area contributed by atoms with Gasteiger partial charge in [0.1, 0.15) is 12.4 Å². The van der Waals surface area contributed by atoms with E-state index in [1.807, 2.05) is 12.5 Å². The van der Waals surface area contributed by atoms with Crippen LogP contribution in [0.3, 0.4) is 0 Å². The van der Waals surface area contributed by atoms with Gasteiger partial charge < -0.3 is 28.5 Å². The van der Waals surface area contributed by atoms with E-state index in [9.17, 15) is 0 Å². The maximum atomic E-state index is 4.13. The van der Waals surface area contributed by atoms with Crippen molar-refractivity contribution in [3.05, 3.63) is 37.4 Å². The largest absolute Gasteiger partial charge is 1.00 e. The maximum Gasteiger partial charge on any atom is 0.243 e. The lowest BCUT2D eigenvalue weighted by atomic mass is 10.1. The van der Waals surface area contributed by atoms with Gasteiger partial charge in [0, 0.05) is 24.9 Å². The first-order valence-corrected chi connectivity index (χ1v) is 6.21. The molecule has 18 heavy (non-hydrogen) atoms. The Morgan fingerprint density at radius 2 is 2.06 bits per heavy atom. The van der Waals surface area contributed by atoms with Crippen molar-refractivity contribution < 1.29 is 28.5 Å². The van der Waals surface area contributed by atoms with Gasteiger partial charge in [0.25, 0.3) is 0 Å². The minimum atomic E-state index is 0. The molecule has 0 spiro atoms. The highest BCUT2D eigenvalue weighted by Gasteiger charge is 2.17. The molecule has 0 aromatic carbocycles. The third kappa shape index (κ3) is 3.57. The molecule has 5 heteroatoms. The van der Waals surface area contributed by atoms with Crippen molar-refractivity contribution in [1.82, 2.24) is 14.1 Å². The van der Waals surface area contributed by atoms with Gasteiger partial charge in [-0.3, -0.25) is 0 Å². The molecular weight excluding hydrogens is 339 g/mol. The molecule has 2 unspecified atom stereocenters. The Morgan fingerprint density at radius 3 is 2.56 bits per heavy atom. The second-order valence-corrected chi connectivity index (χ2v) is 4.68. The monoisotopic (exact) mass is 360 g/mol.